The van der Waals surface area contributed by atoms with Gasteiger partial charge in [0.1, 0.15) is 17.3 Å². The fourth-order valence-corrected chi connectivity index (χ4v) is 4.46. The van der Waals surface area contributed by atoms with Gasteiger partial charge in [0.25, 0.3) is 11.7 Å². The normalized spacial score (nSPS) is 17.4. The maximum absolute atomic E-state index is 13.4. The van der Waals surface area contributed by atoms with Gasteiger partial charge in [0.15, 0.2) is 0 Å². The van der Waals surface area contributed by atoms with Crippen molar-refractivity contribution in [3.05, 3.63) is 89.3 Å². The summed E-state index contributed by atoms with van der Waals surface area (Å²) in [5, 5.41) is 11.5. The number of nitrogens with zero attached hydrogens (tertiary/aromatic N) is 2. The zero-order chi connectivity index (χ0) is 28.5. The van der Waals surface area contributed by atoms with Gasteiger partial charge in [-0.3, -0.25) is 19.5 Å². The van der Waals surface area contributed by atoms with E-state index in [2.05, 4.69) is 9.72 Å². The summed E-state index contributed by atoms with van der Waals surface area (Å²) in [6.45, 7) is 8.24. The van der Waals surface area contributed by atoms with E-state index < -0.39 is 35.6 Å². The molecule has 10 heteroatoms. The number of ether oxygens (including phenoxy) is 2. The molecule has 1 atom stereocenters. The van der Waals surface area contributed by atoms with Crippen LogP contribution in [0.5, 0.6) is 11.5 Å². The molecule has 1 saturated heterocycles. The molecule has 1 aliphatic heterocycles. The molecule has 0 radical (unpaired) electrons. The zero-order valence-electron chi connectivity index (χ0n) is 21.7. The van der Waals surface area contributed by atoms with Crippen LogP contribution in [-0.2, 0) is 15.0 Å². The Kier molecular flexibility index (Phi) is 7.41. The number of aromatic nitrogens is 1. The van der Waals surface area contributed by atoms with Crippen LogP contribution in [0.3, 0.4) is 0 Å². The van der Waals surface area contributed by atoms with Crippen molar-refractivity contribution in [3.8, 4) is 11.5 Å². The largest absolute Gasteiger partial charge is 0.573 e. The molecule has 0 bridgehead atoms. The highest BCUT2D eigenvalue weighted by Crippen LogP contribution is 2.43. The first-order chi connectivity index (χ1) is 18.3. The van der Waals surface area contributed by atoms with Gasteiger partial charge in [0, 0.05) is 29.2 Å². The van der Waals surface area contributed by atoms with Crippen molar-refractivity contribution in [3.63, 3.8) is 0 Å². The Morgan fingerprint density at radius 1 is 1.05 bits per heavy atom. The molecule has 204 valence electrons. The van der Waals surface area contributed by atoms with Crippen LogP contribution in [0.15, 0.2) is 72.6 Å². The van der Waals surface area contributed by atoms with E-state index in [4.69, 9.17) is 4.74 Å². The minimum Gasteiger partial charge on any atom is -0.507 e. The molecule has 0 saturated carbocycles. The lowest BCUT2D eigenvalue weighted by Gasteiger charge is -2.26. The van der Waals surface area contributed by atoms with Crippen LogP contribution < -0.4 is 14.4 Å². The van der Waals surface area contributed by atoms with E-state index >= 15 is 0 Å². The number of aliphatic hydroxyl groups is 1. The molecule has 39 heavy (non-hydrogen) atoms. The maximum atomic E-state index is 13.4. The number of carbonyl (C=O) groups is 2. The van der Waals surface area contributed by atoms with E-state index in [1.54, 1.807) is 30.3 Å². The number of Topliss-reactive ketones (excluding diaryl/α,β-unsaturated/α-hetero) is 1. The molecular weight excluding hydrogens is 513 g/mol. The number of hydrogen-bond donors (Lipinski definition) is 1. The van der Waals surface area contributed by atoms with Gasteiger partial charge in [-0.05, 0) is 66.4 Å². The molecule has 7 nitrogen and oxygen atoms in total. The van der Waals surface area contributed by atoms with Crippen molar-refractivity contribution < 1.29 is 37.3 Å². The summed E-state index contributed by atoms with van der Waals surface area (Å²) in [6, 6.07) is 11.8. The van der Waals surface area contributed by atoms with Gasteiger partial charge in [-0.15, -0.1) is 13.2 Å². The molecule has 1 aromatic heterocycles. The SMILES string of the molecule is CCOc1ccc(/C(O)=C2/C(=O)C(=O)N(c3ccc(OC(F)(F)F)cc3)C2c2cccnc2)cc1C(C)(C)C. The number of carbonyl (C=O) groups excluding carboxylic acids is 2. The summed E-state index contributed by atoms with van der Waals surface area (Å²) in [4.78, 5) is 31.9. The molecule has 0 spiro atoms. The number of pyridine rings is 1. The highest BCUT2D eigenvalue weighted by molar-refractivity contribution is 6.51. The highest BCUT2D eigenvalue weighted by atomic mass is 19.4. The van der Waals surface area contributed by atoms with E-state index in [1.807, 2.05) is 27.7 Å². The first kappa shape index (κ1) is 27.7. The van der Waals surface area contributed by atoms with Crippen molar-refractivity contribution in [2.75, 3.05) is 11.5 Å². The third-order valence-corrected chi connectivity index (χ3v) is 6.15. The number of amides is 1. The fraction of sp³-hybridized carbons (Fsp3) is 0.276. The third kappa shape index (κ3) is 5.74. The smallest absolute Gasteiger partial charge is 0.507 e. The van der Waals surface area contributed by atoms with Gasteiger partial charge < -0.3 is 14.6 Å². The molecule has 0 aliphatic carbocycles. The monoisotopic (exact) mass is 540 g/mol. The van der Waals surface area contributed by atoms with Crippen LogP contribution in [0.2, 0.25) is 0 Å². The van der Waals surface area contributed by atoms with E-state index in [1.165, 1.54) is 24.5 Å². The molecule has 2 heterocycles. The molecule has 1 aliphatic rings. The van der Waals surface area contributed by atoms with Crippen LogP contribution in [0.25, 0.3) is 5.76 Å². The van der Waals surface area contributed by atoms with Crippen LogP contribution in [0, 0.1) is 0 Å². The van der Waals surface area contributed by atoms with E-state index in [0.717, 1.165) is 22.6 Å². The Labute approximate surface area is 223 Å². The van der Waals surface area contributed by atoms with Crippen LogP contribution in [0.1, 0.15) is 50.4 Å². The van der Waals surface area contributed by atoms with Gasteiger partial charge in [0.2, 0.25) is 0 Å². The molecule has 1 fully saturated rings. The Balaban J connectivity index is 1.87. The minimum absolute atomic E-state index is 0.140. The number of alkyl halides is 3. The molecule has 1 amide bonds. The predicted octanol–water partition coefficient (Wildman–Crippen LogP) is 6.30. The lowest BCUT2D eigenvalue weighted by molar-refractivity contribution is -0.274. The highest BCUT2D eigenvalue weighted by Gasteiger charge is 2.47. The first-order valence-corrected chi connectivity index (χ1v) is 12.2. The Hall–Kier alpha value is -4.34. The predicted molar refractivity (Wildman–Crippen MR) is 138 cm³/mol. The molecule has 4 rings (SSSR count). The second kappa shape index (κ2) is 10.4. The van der Waals surface area contributed by atoms with Crippen LogP contribution >= 0.6 is 0 Å². The number of benzene rings is 2. The van der Waals surface area contributed by atoms with Crippen molar-refractivity contribution in [1.29, 1.82) is 0 Å². The van der Waals surface area contributed by atoms with Crippen molar-refractivity contribution in [2.45, 2.75) is 45.5 Å². The molecular formula is C29H27F3N2O5. The van der Waals surface area contributed by atoms with Gasteiger partial charge in [-0.1, -0.05) is 26.8 Å². The topological polar surface area (TPSA) is 89.0 Å². The second-order valence-electron chi connectivity index (χ2n) is 9.89. The average Bonchev–Trinajstić information content (AvgIpc) is 3.14. The molecule has 1 unspecified atom stereocenters. The van der Waals surface area contributed by atoms with Crippen LogP contribution in [-0.4, -0.2) is 34.8 Å². The van der Waals surface area contributed by atoms with Crippen molar-refractivity contribution in [1.82, 2.24) is 4.98 Å². The van der Waals surface area contributed by atoms with E-state index in [0.29, 0.717) is 23.5 Å². The van der Waals surface area contributed by atoms with Gasteiger partial charge in [-0.2, -0.15) is 0 Å². The first-order valence-electron chi connectivity index (χ1n) is 12.2. The van der Waals surface area contributed by atoms with Crippen LogP contribution in [0.4, 0.5) is 18.9 Å². The number of rotatable bonds is 6. The summed E-state index contributed by atoms with van der Waals surface area (Å²) >= 11 is 0. The number of anilines is 1. The number of aliphatic hydroxyl groups excluding tert-OH is 1. The number of hydrogen-bond acceptors (Lipinski definition) is 6. The van der Waals surface area contributed by atoms with Gasteiger partial charge >= 0.3 is 6.36 Å². The Bertz CT molecular complexity index is 1410. The summed E-state index contributed by atoms with van der Waals surface area (Å²) in [5.74, 6) is -2.13. The summed E-state index contributed by atoms with van der Waals surface area (Å²) in [7, 11) is 0. The van der Waals surface area contributed by atoms with Gasteiger partial charge in [0.05, 0.1) is 18.2 Å². The van der Waals surface area contributed by atoms with E-state index in [9.17, 15) is 27.9 Å². The summed E-state index contributed by atoms with van der Waals surface area (Å²) in [5.41, 5.74) is 1.13. The standard InChI is InChI=1S/C29H27F3N2O5/c1-5-38-22-13-8-17(15-21(22)28(2,3)4)25(35)23-24(18-7-6-14-33-16-18)34(27(37)26(23)36)19-9-11-20(12-10-19)39-29(30,31)32/h6-16,24,35H,5H2,1-4H3/b25-23-. The van der Waals surface area contributed by atoms with Gasteiger partial charge in [-0.25, -0.2) is 0 Å². The lowest BCUT2D eigenvalue weighted by atomic mass is 9.84. The lowest BCUT2D eigenvalue weighted by Crippen LogP contribution is -2.29. The Morgan fingerprint density at radius 2 is 1.74 bits per heavy atom. The number of ketones is 1. The maximum Gasteiger partial charge on any atom is 0.573 e. The second-order valence-corrected chi connectivity index (χ2v) is 9.89. The molecule has 3 aromatic rings. The summed E-state index contributed by atoms with van der Waals surface area (Å²) in [6.07, 6.45) is -1.91. The Morgan fingerprint density at radius 3 is 2.31 bits per heavy atom. The average molecular weight is 541 g/mol. The fourth-order valence-electron chi connectivity index (χ4n) is 4.46. The van der Waals surface area contributed by atoms with Crippen molar-refractivity contribution >= 4 is 23.1 Å². The minimum atomic E-state index is -4.88. The quantitative estimate of drug-likeness (QED) is 0.224. The molecule has 2 aromatic carbocycles. The van der Waals surface area contributed by atoms with Crippen molar-refractivity contribution in [2.24, 2.45) is 0 Å². The van der Waals surface area contributed by atoms with E-state index in [-0.39, 0.29) is 16.7 Å². The zero-order valence-corrected chi connectivity index (χ0v) is 21.7. The number of halogens is 3. The summed E-state index contributed by atoms with van der Waals surface area (Å²) < 4.78 is 47.6. The molecule has 1 N–H and O–H groups in total. The third-order valence-electron chi connectivity index (χ3n) is 6.15.